The molecule has 1 saturated carbocycles. The van der Waals surface area contributed by atoms with Crippen molar-refractivity contribution in [3.05, 3.63) is 23.3 Å². The first kappa shape index (κ1) is 15.5. The van der Waals surface area contributed by atoms with E-state index in [1.54, 1.807) is 0 Å². The minimum absolute atomic E-state index is 0.0548. The zero-order valence-corrected chi connectivity index (χ0v) is 14.1. The summed E-state index contributed by atoms with van der Waals surface area (Å²) in [5.41, 5.74) is 3.02. The zero-order chi connectivity index (χ0) is 16.6. The van der Waals surface area contributed by atoms with Gasteiger partial charge in [-0.25, -0.2) is 0 Å². The van der Waals surface area contributed by atoms with Crippen LogP contribution >= 0.6 is 0 Å². The monoisotopic (exact) mass is 329 g/mol. The molecule has 1 aliphatic carbocycles. The number of carbonyl (C=O) groups is 1. The Kier molecular flexibility index (Phi) is 3.94. The number of aliphatic imine (C=N–C) groups is 1. The maximum Gasteiger partial charge on any atom is 0.311 e. The van der Waals surface area contributed by atoms with E-state index < -0.39 is 0 Å². The number of carbonyl (C=O) groups excluding carboxylic acids is 1. The van der Waals surface area contributed by atoms with Gasteiger partial charge in [0, 0.05) is 5.56 Å². The van der Waals surface area contributed by atoms with Crippen molar-refractivity contribution in [3.63, 3.8) is 0 Å². The van der Waals surface area contributed by atoms with Crippen molar-refractivity contribution in [2.75, 3.05) is 13.4 Å². The van der Waals surface area contributed by atoms with Crippen LogP contribution in [-0.4, -0.2) is 30.6 Å². The highest BCUT2D eigenvalue weighted by atomic mass is 16.7. The number of esters is 1. The molecule has 1 spiro atoms. The van der Waals surface area contributed by atoms with Crippen molar-refractivity contribution in [2.24, 2.45) is 4.99 Å². The van der Waals surface area contributed by atoms with Crippen molar-refractivity contribution in [1.29, 1.82) is 0 Å². The second-order valence-electron chi connectivity index (χ2n) is 6.86. The summed E-state index contributed by atoms with van der Waals surface area (Å²) < 4.78 is 16.2. The maximum atomic E-state index is 12.1. The first-order valence-electron chi connectivity index (χ1n) is 8.86. The smallest absolute Gasteiger partial charge is 0.311 e. The van der Waals surface area contributed by atoms with Crippen LogP contribution in [0.1, 0.15) is 56.6 Å². The van der Waals surface area contributed by atoms with E-state index in [4.69, 9.17) is 19.2 Å². The number of rotatable bonds is 3. The van der Waals surface area contributed by atoms with Crippen molar-refractivity contribution in [1.82, 2.24) is 0 Å². The van der Waals surface area contributed by atoms with E-state index >= 15 is 0 Å². The average molecular weight is 329 g/mol. The molecule has 2 heterocycles. The molecule has 0 saturated heterocycles. The Bertz CT molecular complexity index is 689. The Labute approximate surface area is 142 Å². The molecular formula is C19H23NO4. The molecule has 3 aliphatic rings. The van der Waals surface area contributed by atoms with Crippen LogP contribution in [0.4, 0.5) is 0 Å². The van der Waals surface area contributed by atoms with Crippen molar-refractivity contribution in [2.45, 2.75) is 57.4 Å². The van der Waals surface area contributed by atoms with E-state index in [1.807, 2.05) is 13.0 Å². The van der Waals surface area contributed by atoms with E-state index in [0.717, 1.165) is 42.0 Å². The third-order valence-electron chi connectivity index (χ3n) is 5.20. The minimum Gasteiger partial charge on any atom is -0.466 e. The molecule has 0 bridgehead atoms. The van der Waals surface area contributed by atoms with E-state index in [-0.39, 0.29) is 24.7 Å². The van der Waals surface area contributed by atoms with E-state index in [0.29, 0.717) is 6.61 Å². The molecular weight excluding hydrogens is 306 g/mol. The summed E-state index contributed by atoms with van der Waals surface area (Å²) in [5.74, 6) is 1.33. The lowest BCUT2D eigenvalue weighted by atomic mass is 9.74. The Balaban J connectivity index is 1.73. The molecule has 24 heavy (non-hydrogen) atoms. The Morgan fingerprint density at radius 2 is 1.96 bits per heavy atom. The van der Waals surface area contributed by atoms with Gasteiger partial charge >= 0.3 is 5.97 Å². The van der Waals surface area contributed by atoms with E-state index in [1.165, 1.54) is 24.8 Å². The van der Waals surface area contributed by atoms with Crippen molar-refractivity contribution < 1.29 is 19.0 Å². The Morgan fingerprint density at radius 1 is 1.21 bits per heavy atom. The summed E-state index contributed by atoms with van der Waals surface area (Å²) in [6, 6.07) is 4.05. The molecule has 2 aliphatic heterocycles. The molecule has 0 aromatic heterocycles. The third kappa shape index (κ3) is 2.76. The molecule has 1 aromatic carbocycles. The summed E-state index contributed by atoms with van der Waals surface area (Å²) in [6.45, 7) is 2.48. The van der Waals surface area contributed by atoms with Gasteiger partial charge < -0.3 is 14.2 Å². The van der Waals surface area contributed by atoms with Gasteiger partial charge in [-0.1, -0.05) is 19.3 Å². The van der Waals surface area contributed by atoms with Crippen LogP contribution in [0.3, 0.4) is 0 Å². The van der Waals surface area contributed by atoms with Crippen LogP contribution in [0, 0.1) is 0 Å². The van der Waals surface area contributed by atoms with Crippen molar-refractivity contribution in [3.8, 4) is 11.5 Å². The molecule has 128 valence electrons. The lowest BCUT2D eigenvalue weighted by Gasteiger charge is -2.38. The van der Waals surface area contributed by atoms with Crippen LogP contribution in [0.25, 0.3) is 0 Å². The number of nitrogens with zero attached hydrogens (tertiary/aromatic N) is 1. The third-order valence-corrected chi connectivity index (χ3v) is 5.20. The number of ether oxygens (including phenoxy) is 3. The standard InChI is InChI=1S/C19H23NO4/c1-2-22-18(21)10-15-14-9-17-16(23-12-24-17)8-13(14)11-19(20-15)6-4-3-5-7-19/h8-9H,2-7,10-12H2,1H3. The van der Waals surface area contributed by atoms with Gasteiger partial charge in [-0.2, -0.15) is 0 Å². The molecule has 1 fully saturated rings. The lowest BCUT2D eigenvalue weighted by molar-refractivity contribution is -0.141. The molecule has 1 aromatic rings. The van der Waals surface area contributed by atoms with Gasteiger partial charge in [-0.05, 0) is 43.9 Å². The van der Waals surface area contributed by atoms with Crippen LogP contribution in [-0.2, 0) is 16.0 Å². The second-order valence-corrected chi connectivity index (χ2v) is 6.86. The molecule has 5 heteroatoms. The summed E-state index contributed by atoms with van der Waals surface area (Å²) in [7, 11) is 0. The quantitative estimate of drug-likeness (QED) is 0.797. The van der Waals surface area contributed by atoms with Crippen LogP contribution in [0.15, 0.2) is 17.1 Å². The van der Waals surface area contributed by atoms with E-state index in [2.05, 4.69) is 6.07 Å². The van der Waals surface area contributed by atoms with Gasteiger partial charge in [0.25, 0.3) is 0 Å². The summed E-state index contributed by atoms with van der Waals surface area (Å²) in [4.78, 5) is 17.1. The molecule has 0 unspecified atom stereocenters. The normalized spacial score (nSPS) is 20.5. The predicted molar refractivity (Wildman–Crippen MR) is 89.9 cm³/mol. The number of fused-ring (bicyclic) bond motifs is 2. The Morgan fingerprint density at radius 3 is 2.71 bits per heavy atom. The molecule has 0 amide bonds. The fourth-order valence-electron chi connectivity index (χ4n) is 4.12. The van der Waals surface area contributed by atoms with Gasteiger partial charge in [0.2, 0.25) is 6.79 Å². The van der Waals surface area contributed by atoms with Crippen LogP contribution in [0.5, 0.6) is 11.5 Å². The van der Waals surface area contributed by atoms with Gasteiger partial charge in [-0.15, -0.1) is 0 Å². The zero-order valence-electron chi connectivity index (χ0n) is 14.1. The topological polar surface area (TPSA) is 57.1 Å². The summed E-state index contributed by atoms with van der Waals surface area (Å²) in [6.07, 6.45) is 7.01. The molecule has 0 N–H and O–H groups in total. The molecule has 0 radical (unpaired) electrons. The van der Waals surface area contributed by atoms with Gasteiger partial charge in [0.15, 0.2) is 11.5 Å². The SMILES string of the molecule is CCOC(=O)CC1=NC2(CCCCC2)Cc2cc3c(cc21)OCO3. The Hall–Kier alpha value is -2.04. The number of hydrogen-bond acceptors (Lipinski definition) is 5. The maximum absolute atomic E-state index is 12.1. The highest BCUT2D eigenvalue weighted by Gasteiger charge is 2.38. The number of benzene rings is 1. The van der Waals surface area contributed by atoms with Gasteiger partial charge in [-0.3, -0.25) is 9.79 Å². The molecule has 5 nitrogen and oxygen atoms in total. The molecule has 4 rings (SSSR count). The minimum atomic E-state index is -0.215. The van der Waals surface area contributed by atoms with Crippen molar-refractivity contribution >= 4 is 11.7 Å². The van der Waals surface area contributed by atoms with Gasteiger partial charge in [0.05, 0.1) is 24.3 Å². The predicted octanol–water partition coefficient (Wildman–Crippen LogP) is 3.42. The average Bonchev–Trinajstić information content (AvgIpc) is 3.01. The fourth-order valence-corrected chi connectivity index (χ4v) is 4.12. The van der Waals surface area contributed by atoms with Crippen LogP contribution < -0.4 is 9.47 Å². The summed E-state index contributed by atoms with van der Waals surface area (Å²) >= 11 is 0. The largest absolute Gasteiger partial charge is 0.466 e. The fraction of sp³-hybridized carbons (Fsp3) is 0.579. The first-order chi connectivity index (χ1) is 11.7. The van der Waals surface area contributed by atoms with Gasteiger partial charge in [0.1, 0.15) is 0 Å². The lowest BCUT2D eigenvalue weighted by Crippen LogP contribution is -2.37. The highest BCUT2D eigenvalue weighted by molar-refractivity contribution is 6.11. The molecule has 0 atom stereocenters. The van der Waals surface area contributed by atoms with E-state index in [9.17, 15) is 4.79 Å². The first-order valence-corrected chi connectivity index (χ1v) is 8.86. The second kappa shape index (κ2) is 6.11. The highest BCUT2D eigenvalue weighted by Crippen LogP contribution is 2.43. The number of hydrogen-bond donors (Lipinski definition) is 0. The summed E-state index contributed by atoms with van der Waals surface area (Å²) in [5, 5.41) is 0. The van der Waals surface area contributed by atoms with Crippen LogP contribution in [0.2, 0.25) is 0 Å².